The molecule has 3 aliphatic carbocycles. The molecule has 36 heavy (non-hydrogen) atoms. The highest BCUT2D eigenvalue weighted by Gasteiger charge is 2.76. The number of nitrogens with one attached hydrogen (secondary N) is 1. The van der Waals surface area contributed by atoms with E-state index in [9.17, 15) is 10.2 Å². The van der Waals surface area contributed by atoms with Gasteiger partial charge >= 0.3 is 0 Å². The number of aliphatic hydroxyl groups excluding tert-OH is 2. The Bertz CT molecular complexity index is 1280. The zero-order chi connectivity index (χ0) is 25.3. The van der Waals surface area contributed by atoms with Gasteiger partial charge in [-0.25, -0.2) is 4.98 Å². The number of nitrogens with zero attached hydrogens (tertiary/aromatic N) is 2. The lowest BCUT2D eigenvalue weighted by molar-refractivity contribution is -0.276. The van der Waals surface area contributed by atoms with Crippen LogP contribution in [0, 0.1) is 24.2 Å². The van der Waals surface area contributed by atoms with Crippen LogP contribution in [-0.4, -0.2) is 73.5 Å². The Morgan fingerprint density at radius 3 is 2.69 bits per heavy atom. The first-order valence-electron chi connectivity index (χ1n) is 13.6. The molecule has 2 spiro atoms. The Kier molecular flexibility index (Phi) is 4.83. The Hall–Kier alpha value is -1.44. The van der Waals surface area contributed by atoms with E-state index in [1.807, 2.05) is 25.9 Å². The smallest absolute Gasteiger partial charge is 0.104 e. The van der Waals surface area contributed by atoms with E-state index in [1.54, 1.807) is 0 Å². The maximum atomic E-state index is 11.3. The highest BCUT2D eigenvalue weighted by Crippen LogP contribution is 2.73. The molecule has 2 aromatic rings. The summed E-state index contributed by atoms with van der Waals surface area (Å²) in [6, 6.07) is 6.48. The molecule has 7 heteroatoms. The minimum atomic E-state index is -0.812. The topological polar surface area (TPSA) is 81.6 Å². The quantitative estimate of drug-likeness (QED) is 0.520. The molecule has 2 aliphatic heterocycles. The Morgan fingerprint density at radius 1 is 1.11 bits per heavy atom. The second-order valence-electron chi connectivity index (χ2n) is 12.9. The molecular formula is C29H38ClN3O3. The van der Waals surface area contributed by atoms with Crippen molar-refractivity contribution in [2.24, 2.45) is 17.3 Å². The average Bonchev–Trinajstić information content (AvgIpc) is 3.49. The van der Waals surface area contributed by atoms with Gasteiger partial charge in [-0.1, -0.05) is 19.1 Å². The molecule has 4 fully saturated rings. The highest BCUT2D eigenvalue weighted by molar-refractivity contribution is 6.25. The van der Waals surface area contributed by atoms with Gasteiger partial charge in [0, 0.05) is 17.9 Å². The molecule has 1 aromatic carbocycles. The molecule has 2 bridgehead atoms. The van der Waals surface area contributed by atoms with Crippen molar-refractivity contribution in [3.05, 3.63) is 35.7 Å². The van der Waals surface area contributed by atoms with Crippen LogP contribution in [0.15, 0.2) is 24.3 Å². The number of likely N-dealkylation sites (N-methyl/N-ethyl adjacent to an activating group) is 1. The normalized spacial score (nSPS) is 47.6. The Labute approximate surface area is 218 Å². The van der Waals surface area contributed by atoms with E-state index in [1.165, 1.54) is 11.1 Å². The lowest BCUT2D eigenvalue weighted by atomic mass is 9.52. The Morgan fingerprint density at radius 2 is 1.92 bits per heavy atom. The number of imidazole rings is 1. The molecule has 7 rings (SSSR count). The molecule has 194 valence electrons. The standard InChI is InChI=1S/C29H38ClN3O3/c1-16-31-20-7-5-17(13-21(20)32-16)18-6-8-23-26(18,2)9-11-28(30)14-19-24(34)25(35)22(33(3)4)15-27(19)10-12-29(23,28)36-27/h5-7,13,19,22-25,34-35H,8-12,14-15H2,1-4H3,(H,31,32). The number of rotatable bonds is 2. The van der Waals surface area contributed by atoms with Crippen molar-refractivity contribution in [3.8, 4) is 0 Å². The molecule has 0 amide bonds. The van der Waals surface area contributed by atoms with Crippen LogP contribution >= 0.6 is 11.6 Å². The number of hydrogen-bond donors (Lipinski definition) is 3. The first-order chi connectivity index (χ1) is 17.0. The number of ether oxygens (including phenoxy) is 1. The molecule has 1 aromatic heterocycles. The largest absolute Gasteiger partial charge is 0.390 e. The van der Waals surface area contributed by atoms with Gasteiger partial charge in [-0.2, -0.15) is 0 Å². The fraction of sp³-hybridized carbons (Fsp3) is 0.690. The number of aryl methyl sites for hydroxylation is 1. The van der Waals surface area contributed by atoms with Crippen molar-refractivity contribution in [1.82, 2.24) is 14.9 Å². The van der Waals surface area contributed by atoms with Crippen molar-refractivity contribution in [2.45, 2.75) is 93.1 Å². The molecule has 9 unspecified atom stereocenters. The number of hydrogen-bond acceptors (Lipinski definition) is 5. The number of aliphatic hydroxyl groups is 2. The second kappa shape index (κ2) is 7.35. The number of allylic oxidation sites excluding steroid dienone is 2. The van der Waals surface area contributed by atoms with Crippen molar-refractivity contribution in [1.29, 1.82) is 0 Å². The van der Waals surface area contributed by atoms with E-state index in [0.29, 0.717) is 12.3 Å². The zero-order valence-corrected chi connectivity index (χ0v) is 22.5. The number of halogens is 1. The van der Waals surface area contributed by atoms with Gasteiger partial charge in [0.15, 0.2) is 0 Å². The predicted octanol–water partition coefficient (Wildman–Crippen LogP) is 4.42. The number of fused-ring (bicyclic) bond motifs is 2. The minimum Gasteiger partial charge on any atom is -0.390 e. The summed E-state index contributed by atoms with van der Waals surface area (Å²) in [5.41, 5.74) is 3.91. The molecule has 3 N–H and O–H groups in total. The van der Waals surface area contributed by atoms with E-state index >= 15 is 0 Å². The van der Waals surface area contributed by atoms with E-state index in [-0.39, 0.29) is 17.4 Å². The zero-order valence-electron chi connectivity index (χ0n) is 21.7. The summed E-state index contributed by atoms with van der Waals surface area (Å²) >= 11 is 7.63. The van der Waals surface area contributed by atoms with Crippen LogP contribution in [0.25, 0.3) is 16.6 Å². The molecule has 6 nitrogen and oxygen atoms in total. The number of benzene rings is 1. The third-order valence-electron chi connectivity index (χ3n) is 11.1. The lowest BCUT2D eigenvalue weighted by Gasteiger charge is -2.65. The summed E-state index contributed by atoms with van der Waals surface area (Å²) in [5.74, 6) is 1.11. The molecule has 2 saturated carbocycles. The summed E-state index contributed by atoms with van der Waals surface area (Å²) in [4.78, 5) is 9.52. The van der Waals surface area contributed by atoms with Crippen molar-refractivity contribution >= 4 is 28.2 Å². The molecule has 2 saturated heterocycles. The van der Waals surface area contributed by atoms with Gasteiger partial charge in [-0.05, 0) is 94.6 Å². The van der Waals surface area contributed by atoms with E-state index < -0.39 is 28.3 Å². The monoisotopic (exact) mass is 511 g/mol. The minimum absolute atomic E-state index is 0.0206. The van der Waals surface area contributed by atoms with Gasteiger partial charge in [0.2, 0.25) is 0 Å². The van der Waals surface area contributed by atoms with Crippen molar-refractivity contribution in [3.63, 3.8) is 0 Å². The molecule has 5 aliphatic rings. The first kappa shape index (κ1) is 23.7. The van der Waals surface area contributed by atoms with Crippen LogP contribution in [-0.2, 0) is 4.74 Å². The summed E-state index contributed by atoms with van der Waals surface area (Å²) in [5, 5.41) is 22.3. The van der Waals surface area contributed by atoms with Crippen molar-refractivity contribution in [2.75, 3.05) is 14.1 Å². The van der Waals surface area contributed by atoms with Crippen LogP contribution in [0.1, 0.15) is 63.3 Å². The summed E-state index contributed by atoms with van der Waals surface area (Å²) in [7, 11) is 3.97. The molecule has 9 atom stereocenters. The van der Waals surface area contributed by atoms with Crippen LogP contribution in [0.5, 0.6) is 0 Å². The SMILES string of the molecule is Cc1nc2ccc(C3=CCC4C3(C)CCC3(Cl)CC5C(O)C(O)C(N(C)C)CC56CCC43O6)cc2[nH]1. The van der Waals surface area contributed by atoms with Crippen LogP contribution in [0.2, 0.25) is 0 Å². The number of alkyl halides is 1. The third kappa shape index (κ3) is 2.80. The molecule has 0 radical (unpaired) electrons. The summed E-state index contributed by atoms with van der Waals surface area (Å²) < 4.78 is 7.34. The average molecular weight is 512 g/mol. The second-order valence-corrected chi connectivity index (χ2v) is 13.6. The fourth-order valence-electron chi connectivity index (χ4n) is 9.31. The van der Waals surface area contributed by atoms with Gasteiger partial charge in [0.25, 0.3) is 0 Å². The first-order valence-corrected chi connectivity index (χ1v) is 14.0. The van der Waals surface area contributed by atoms with Gasteiger partial charge in [-0.15, -0.1) is 11.6 Å². The lowest BCUT2D eigenvalue weighted by Crippen LogP contribution is -2.72. The molecule has 3 heterocycles. The maximum Gasteiger partial charge on any atom is 0.104 e. The maximum absolute atomic E-state index is 11.3. The third-order valence-corrected chi connectivity index (χ3v) is 11.8. The van der Waals surface area contributed by atoms with E-state index in [2.05, 4.69) is 41.2 Å². The van der Waals surface area contributed by atoms with Gasteiger partial charge < -0.3 is 24.8 Å². The number of H-pyrrole nitrogens is 1. The van der Waals surface area contributed by atoms with Crippen LogP contribution in [0.4, 0.5) is 0 Å². The summed E-state index contributed by atoms with van der Waals surface area (Å²) in [6.45, 7) is 4.42. The predicted molar refractivity (Wildman–Crippen MR) is 141 cm³/mol. The highest BCUT2D eigenvalue weighted by atomic mass is 35.5. The summed E-state index contributed by atoms with van der Waals surface area (Å²) in [6.07, 6.45) is 6.96. The number of aromatic amines is 1. The van der Waals surface area contributed by atoms with Gasteiger partial charge in [0.1, 0.15) is 5.82 Å². The Balaban J connectivity index is 1.27. The number of aromatic nitrogens is 2. The molecular weight excluding hydrogens is 474 g/mol. The van der Waals surface area contributed by atoms with Crippen LogP contribution in [0.3, 0.4) is 0 Å². The van der Waals surface area contributed by atoms with Crippen molar-refractivity contribution < 1.29 is 14.9 Å². The van der Waals surface area contributed by atoms with E-state index in [0.717, 1.165) is 55.4 Å². The van der Waals surface area contributed by atoms with Gasteiger partial charge in [0.05, 0.1) is 39.3 Å². The fourth-order valence-corrected chi connectivity index (χ4v) is 9.84. The van der Waals surface area contributed by atoms with E-state index in [4.69, 9.17) is 16.3 Å². The van der Waals surface area contributed by atoms with Gasteiger partial charge in [-0.3, -0.25) is 0 Å². The van der Waals surface area contributed by atoms with Crippen LogP contribution < -0.4 is 0 Å².